The molecule has 0 aliphatic rings. The molecule has 1 heterocycles. The van der Waals surface area contributed by atoms with E-state index in [0.29, 0.717) is 0 Å². The molecule has 0 aliphatic carbocycles. The highest BCUT2D eigenvalue weighted by atomic mass is 15.3. The third-order valence-corrected chi connectivity index (χ3v) is 3.18. The number of hydrogen-bond acceptors (Lipinski definition) is 2. The van der Waals surface area contributed by atoms with Gasteiger partial charge in [0.15, 0.2) is 0 Å². The van der Waals surface area contributed by atoms with Crippen LogP contribution in [-0.4, -0.2) is 16.3 Å². The van der Waals surface area contributed by atoms with E-state index < -0.39 is 0 Å². The molecule has 0 bridgehead atoms. The Kier molecular flexibility index (Phi) is 4.15. The van der Waals surface area contributed by atoms with Gasteiger partial charge in [-0.15, -0.1) is 0 Å². The minimum Gasteiger partial charge on any atom is -0.313 e. The van der Waals surface area contributed by atoms with Crippen LogP contribution in [0.15, 0.2) is 30.5 Å². The molecule has 0 saturated carbocycles. The summed E-state index contributed by atoms with van der Waals surface area (Å²) >= 11 is 0. The number of rotatable bonds is 5. The Morgan fingerprint density at radius 3 is 2.50 bits per heavy atom. The van der Waals surface area contributed by atoms with Gasteiger partial charge < -0.3 is 5.32 Å². The van der Waals surface area contributed by atoms with Crippen LogP contribution in [0.2, 0.25) is 0 Å². The van der Waals surface area contributed by atoms with Gasteiger partial charge in [0.25, 0.3) is 0 Å². The van der Waals surface area contributed by atoms with Crippen molar-refractivity contribution >= 4 is 0 Å². The second-order valence-corrected chi connectivity index (χ2v) is 4.48. The fourth-order valence-corrected chi connectivity index (χ4v) is 1.95. The third-order valence-electron chi connectivity index (χ3n) is 3.18. The fourth-order valence-electron chi connectivity index (χ4n) is 1.95. The monoisotopic (exact) mass is 243 g/mol. The Hall–Kier alpha value is -1.61. The van der Waals surface area contributed by atoms with Crippen molar-refractivity contribution in [1.82, 2.24) is 15.1 Å². The molecular formula is C15H21N3. The van der Waals surface area contributed by atoms with E-state index in [1.807, 2.05) is 4.68 Å². The van der Waals surface area contributed by atoms with E-state index >= 15 is 0 Å². The normalized spacial score (nSPS) is 10.8. The second-order valence-electron chi connectivity index (χ2n) is 4.48. The largest absolute Gasteiger partial charge is 0.313 e. The predicted molar refractivity (Wildman–Crippen MR) is 75.1 cm³/mol. The lowest BCUT2D eigenvalue weighted by Gasteiger charge is -2.02. The van der Waals surface area contributed by atoms with E-state index in [4.69, 9.17) is 0 Å². The van der Waals surface area contributed by atoms with Gasteiger partial charge in [-0.3, -0.25) is 0 Å². The molecule has 18 heavy (non-hydrogen) atoms. The average molecular weight is 243 g/mol. The van der Waals surface area contributed by atoms with Crippen molar-refractivity contribution in [2.75, 3.05) is 6.54 Å². The van der Waals surface area contributed by atoms with Gasteiger partial charge in [0.2, 0.25) is 0 Å². The standard InChI is InChI=1S/C15H21N3/c1-4-13-6-8-15(9-7-13)18-11-14(10-16-5-2)12(3)17-18/h6-9,11,16H,4-5,10H2,1-3H3. The quantitative estimate of drug-likeness (QED) is 0.875. The summed E-state index contributed by atoms with van der Waals surface area (Å²) in [4.78, 5) is 0. The fraction of sp³-hybridized carbons (Fsp3) is 0.400. The first kappa shape index (κ1) is 12.8. The van der Waals surface area contributed by atoms with Gasteiger partial charge in [-0.1, -0.05) is 26.0 Å². The summed E-state index contributed by atoms with van der Waals surface area (Å²) in [5.41, 5.74) is 4.83. The van der Waals surface area contributed by atoms with E-state index in [1.54, 1.807) is 0 Å². The van der Waals surface area contributed by atoms with Crippen LogP contribution in [0.1, 0.15) is 30.7 Å². The van der Waals surface area contributed by atoms with Crippen LogP contribution in [-0.2, 0) is 13.0 Å². The Bertz CT molecular complexity index is 497. The highest BCUT2D eigenvalue weighted by Gasteiger charge is 2.05. The lowest BCUT2D eigenvalue weighted by Crippen LogP contribution is -2.11. The highest BCUT2D eigenvalue weighted by molar-refractivity contribution is 5.35. The zero-order valence-electron chi connectivity index (χ0n) is 11.4. The van der Waals surface area contributed by atoms with Gasteiger partial charge in [0, 0.05) is 18.3 Å². The van der Waals surface area contributed by atoms with Crippen molar-refractivity contribution in [1.29, 1.82) is 0 Å². The third kappa shape index (κ3) is 2.79. The summed E-state index contributed by atoms with van der Waals surface area (Å²) in [5.74, 6) is 0. The number of nitrogens with zero attached hydrogens (tertiary/aromatic N) is 2. The summed E-state index contributed by atoms with van der Waals surface area (Å²) < 4.78 is 1.96. The molecule has 0 radical (unpaired) electrons. The number of aryl methyl sites for hydroxylation is 2. The average Bonchev–Trinajstić information content (AvgIpc) is 2.78. The van der Waals surface area contributed by atoms with Crippen LogP contribution in [0.3, 0.4) is 0 Å². The van der Waals surface area contributed by atoms with E-state index in [9.17, 15) is 0 Å². The zero-order chi connectivity index (χ0) is 13.0. The minimum absolute atomic E-state index is 0.884. The first-order valence-electron chi connectivity index (χ1n) is 6.59. The van der Waals surface area contributed by atoms with E-state index in [2.05, 4.69) is 61.6 Å². The summed E-state index contributed by atoms with van der Waals surface area (Å²) in [7, 11) is 0. The Morgan fingerprint density at radius 2 is 1.89 bits per heavy atom. The summed E-state index contributed by atoms with van der Waals surface area (Å²) in [6.45, 7) is 8.21. The molecule has 3 nitrogen and oxygen atoms in total. The molecule has 0 unspecified atom stereocenters. The molecule has 1 aromatic carbocycles. The maximum atomic E-state index is 4.57. The predicted octanol–water partition coefficient (Wildman–Crippen LogP) is 2.85. The van der Waals surface area contributed by atoms with Gasteiger partial charge in [-0.25, -0.2) is 4.68 Å². The van der Waals surface area contributed by atoms with Gasteiger partial charge >= 0.3 is 0 Å². The Morgan fingerprint density at radius 1 is 1.17 bits per heavy atom. The topological polar surface area (TPSA) is 29.9 Å². The van der Waals surface area contributed by atoms with Crippen molar-refractivity contribution in [3.8, 4) is 5.69 Å². The molecule has 0 saturated heterocycles. The lowest BCUT2D eigenvalue weighted by molar-refractivity contribution is 0.723. The zero-order valence-corrected chi connectivity index (χ0v) is 11.4. The molecule has 0 fully saturated rings. The summed E-state index contributed by atoms with van der Waals surface area (Å²) in [6.07, 6.45) is 3.18. The Balaban J connectivity index is 2.21. The van der Waals surface area contributed by atoms with Crippen molar-refractivity contribution < 1.29 is 0 Å². The highest BCUT2D eigenvalue weighted by Crippen LogP contribution is 2.13. The maximum absolute atomic E-state index is 4.57. The van der Waals surface area contributed by atoms with Crippen LogP contribution in [0, 0.1) is 6.92 Å². The molecule has 3 heteroatoms. The summed E-state index contributed by atoms with van der Waals surface area (Å²) in [5, 5.41) is 7.90. The smallest absolute Gasteiger partial charge is 0.0645 e. The lowest BCUT2D eigenvalue weighted by atomic mass is 10.1. The minimum atomic E-state index is 0.884. The van der Waals surface area contributed by atoms with E-state index in [-0.39, 0.29) is 0 Å². The van der Waals surface area contributed by atoms with Crippen molar-refractivity contribution in [2.24, 2.45) is 0 Å². The van der Waals surface area contributed by atoms with Crippen LogP contribution in [0.4, 0.5) is 0 Å². The number of hydrogen-bond donors (Lipinski definition) is 1. The molecule has 1 aromatic heterocycles. The van der Waals surface area contributed by atoms with Gasteiger partial charge in [0.1, 0.15) is 0 Å². The molecule has 0 spiro atoms. The molecule has 2 rings (SSSR count). The van der Waals surface area contributed by atoms with Crippen LogP contribution in [0.25, 0.3) is 5.69 Å². The van der Waals surface area contributed by atoms with Crippen LogP contribution in [0.5, 0.6) is 0 Å². The first-order chi connectivity index (χ1) is 8.74. The molecule has 0 atom stereocenters. The first-order valence-corrected chi connectivity index (χ1v) is 6.59. The van der Waals surface area contributed by atoms with Crippen molar-refractivity contribution in [3.05, 3.63) is 47.3 Å². The van der Waals surface area contributed by atoms with Crippen molar-refractivity contribution in [2.45, 2.75) is 33.7 Å². The molecule has 1 N–H and O–H groups in total. The molecule has 0 amide bonds. The number of aromatic nitrogens is 2. The molecule has 96 valence electrons. The van der Waals surface area contributed by atoms with E-state index in [1.165, 1.54) is 11.1 Å². The van der Waals surface area contributed by atoms with E-state index in [0.717, 1.165) is 30.9 Å². The second kappa shape index (κ2) is 5.83. The van der Waals surface area contributed by atoms with Crippen molar-refractivity contribution in [3.63, 3.8) is 0 Å². The van der Waals surface area contributed by atoms with Crippen LogP contribution >= 0.6 is 0 Å². The van der Waals surface area contributed by atoms with Crippen LogP contribution < -0.4 is 5.32 Å². The molecule has 2 aromatic rings. The summed E-state index contributed by atoms with van der Waals surface area (Å²) in [6, 6.07) is 8.58. The van der Waals surface area contributed by atoms with Gasteiger partial charge in [-0.05, 0) is 37.6 Å². The molecule has 0 aliphatic heterocycles. The maximum Gasteiger partial charge on any atom is 0.0645 e. The van der Waals surface area contributed by atoms with Gasteiger partial charge in [-0.2, -0.15) is 5.10 Å². The van der Waals surface area contributed by atoms with Gasteiger partial charge in [0.05, 0.1) is 11.4 Å². The Labute approximate surface area is 109 Å². The number of nitrogens with one attached hydrogen (secondary N) is 1. The SMILES string of the molecule is CCNCc1cn(-c2ccc(CC)cc2)nc1C. The molecular weight excluding hydrogens is 222 g/mol. The number of benzene rings is 1.